The summed E-state index contributed by atoms with van der Waals surface area (Å²) in [6.07, 6.45) is 0.850. The number of hydrogen-bond donors (Lipinski definition) is 3. The van der Waals surface area contributed by atoms with Gasteiger partial charge in [0.2, 0.25) is 0 Å². The molecule has 0 aliphatic heterocycles. The summed E-state index contributed by atoms with van der Waals surface area (Å²) in [5, 5.41) is 16.4. The number of ketones is 1. The van der Waals surface area contributed by atoms with E-state index in [-0.39, 0.29) is 29.7 Å². The third kappa shape index (κ3) is 12.9. The van der Waals surface area contributed by atoms with Crippen molar-refractivity contribution in [3.05, 3.63) is 221 Å². The van der Waals surface area contributed by atoms with Gasteiger partial charge in [-0.15, -0.1) is 0 Å². The average Bonchev–Trinajstić information content (AvgIpc) is 3.54. The van der Waals surface area contributed by atoms with E-state index in [9.17, 15) is 28.8 Å². The Morgan fingerprint density at radius 3 is 0.964 bits per heavy atom. The van der Waals surface area contributed by atoms with Gasteiger partial charge in [0.15, 0.2) is 5.78 Å². The van der Waals surface area contributed by atoms with Crippen molar-refractivity contribution >= 4 is 139 Å². The molecule has 83 heavy (non-hydrogen) atoms. The zero-order valence-corrected chi connectivity index (χ0v) is 46.6. The fourth-order valence-electron chi connectivity index (χ4n) is 9.74. The highest BCUT2D eigenvalue weighted by Crippen LogP contribution is 2.32. The summed E-state index contributed by atoms with van der Waals surface area (Å²) >= 11 is 0. The van der Waals surface area contributed by atoms with Crippen LogP contribution in [0, 0.1) is 6.92 Å². The highest BCUT2D eigenvalue weighted by Gasteiger charge is 2.13. The predicted octanol–water partition coefficient (Wildman–Crippen LogP) is 15.0. The number of nitrogen functional groups attached to an aromatic ring is 3. The van der Waals surface area contributed by atoms with Crippen molar-refractivity contribution in [2.24, 2.45) is 0 Å². The molecule has 0 aromatic heterocycles. The smallest absolute Gasteiger partial charge is 0.338 e. The molecule has 0 heterocycles. The van der Waals surface area contributed by atoms with Crippen LogP contribution in [-0.4, -0.2) is 63.4 Å². The molecule has 6 N–H and O–H groups in total. The summed E-state index contributed by atoms with van der Waals surface area (Å²) in [6.45, 7) is 7.85. The van der Waals surface area contributed by atoms with E-state index in [1.165, 1.54) is 19.6 Å². The lowest BCUT2D eigenvalue weighted by molar-refractivity contribution is 0.0517. The van der Waals surface area contributed by atoms with Crippen molar-refractivity contribution in [3.63, 3.8) is 0 Å². The fraction of sp³-hybridized carbons (Fsp3) is 0.114. The topological polar surface area (TPSA) is 217 Å². The highest BCUT2D eigenvalue weighted by molar-refractivity contribution is 6.07. The Kier molecular flexibility index (Phi) is 17.0. The predicted molar refractivity (Wildman–Crippen MR) is 334 cm³/mol. The van der Waals surface area contributed by atoms with Crippen LogP contribution >= 0.6 is 0 Å². The van der Waals surface area contributed by atoms with Crippen LogP contribution in [0.1, 0.15) is 88.5 Å². The van der Waals surface area contributed by atoms with Crippen molar-refractivity contribution in [2.75, 3.05) is 44.6 Å². The van der Waals surface area contributed by atoms with Crippen molar-refractivity contribution in [1.82, 2.24) is 0 Å². The molecule has 0 saturated heterocycles. The summed E-state index contributed by atoms with van der Waals surface area (Å²) in [6, 6.07) is 57.2. The van der Waals surface area contributed by atoms with E-state index >= 15 is 0 Å². The number of ether oxygens (including phenoxy) is 4. The van der Waals surface area contributed by atoms with E-state index in [1.54, 1.807) is 63.2 Å². The average molecular weight is 1100 g/mol. The van der Waals surface area contributed by atoms with E-state index in [4.69, 9.17) is 36.1 Å². The number of fused-ring (bicyclic) bond motifs is 8. The van der Waals surface area contributed by atoms with Crippen molar-refractivity contribution in [2.45, 2.75) is 27.7 Å². The second-order valence-corrected chi connectivity index (χ2v) is 19.8. The summed E-state index contributed by atoms with van der Waals surface area (Å²) in [5.41, 5.74) is 24.2. The Labute approximate surface area is 478 Å². The first-order chi connectivity index (χ1) is 39.9. The van der Waals surface area contributed by atoms with Crippen LogP contribution in [0.4, 0.5) is 17.1 Å². The monoisotopic (exact) mass is 1100 g/mol. The van der Waals surface area contributed by atoms with E-state index in [2.05, 4.69) is 18.2 Å². The summed E-state index contributed by atoms with van der Waals surface area (Å²) < 4.78 is 19.6. The van der Waals surface area contributed by atoms with Crippen LogP contribution in [0.3, 0.4) is 0 Å². The second kappa shape index (κ2) is 24.8. The van der Waals surface area contributed by atoms with Crippen LogP contribution < -0.4 is 17.2 Å². The van der Waals surface area contributed by atoms with Crippen LogP contribution in [0.15, 0.2) is 182 Å². The molecule has 414 valence electrons. The molecule has 0 saturated carbocycles. The Balaban J connectivity index is 0.000000134. The van der Waals surface area contributed by atoms with Gasteiger partial charge in [0.1, 0.15) is 6.29 Å². The molecule has 0 radical (unpaired) electrons. The standard InChI is InChI=1S/C20H18O4.C18H14O4.C17H12O2.C15H15N3/c1-3-23-19(21)15-7-5-13-10-18-12-16(20(22)24-4-2)8-6-14(18)9-17(13)11-15;1-21-17(19)13-5-3-11-8-16-10-14(18(20)22-2)6-4-12(16)7-15(11)9-13;1-11(19)13-4-5-15-8-16-6-12(10-18)2-3-14(16)9-17(15)7-13;1-8-2-9-3-11-6-14(17)15(18)7-12(11)4-10(9)5-13(8)16/h5-12H,3-4H2,1-2H3;3-10H,1-2H3;2-10H,1H3;2-7H,16-18H2,1H3. The number of carbonyl (C=O) groups excluding carboxylic acids is 6. The molecule has 0 unspecified atom stereocenters. The van der Waals surface area contributed by atoms with E-state index in [0.717, 1.165) is 104 Å². The van der Waals surface area contributed by atoms with Gasteiger partial charge in [-0.2, -0.15) is 0 Å². The number of benzene rings is 12. The minimum absolute atomic E-state index is 0.0679. The normalized spacial score (nSPS) is 10.8. The zero-order chi connectivity index (χ0) is 59.1. The number of hydrogen-bond acceptors (Lipinski definition) is 13. The van der Waals surface area contributed by atoms with Crippen molar-refractivity contribution in [1.29, 1.82) is 0 Å². The van der Waals surface area contributed by atoms with Gasteiger partial charge in [-0.1, -0.05) is 48.5 Å². The summed E-state index contributed by atoms with van der Waals surface area (Å²) in [7, 11) is 2.72. The SMILES string of the molecule is CC(=O)c1ccc2cc3cc(C=O)ccc3cc2c1.CCOC(=O)c1ccc2cc3cc(C(=O)OCC)ccc3cc2c1.COC(=O)c1ccc2cc3cc(C(=O)OC)ccc3cc2c1.Cc1cc2cc3cc(N)c(N)cc3cc2cc1N. The molecule has 12 aromatic rings. The molecular formula is C70H59N3O10. The van der Waals surface area contributed by atoms with Gasteiger partial charge < -0.3 is 36.1 Å². The van der Waals surface area contributed by atoms with Gasteiger partial charge in [-0.25, -0.2) is 19.2 Å². The van der Waals surface area contributed by atoms with Crippen LogP contribution in [0.5, 0.6) is 0 Å². The maximum Gasteiger partial charge on any atom is 0.338 e. The van der Waals surface area contributed by atoms with Gasteiger partial charge in [-0.3, -0.25) is 9.59 Å². The zero-order valence-electron chi connectivity index (χ0n) is 46.6. The molecule has 0 bridgehead atoms. The first kappa shape index (κ1) is 57.0. The van der Waals surface area contributed by atoms with Crippen LogP contribution in [0.25, 0.3) is 86.2 Å². The number of carbonyl (C=O) groups is 6. The maximum atomic E-state index is 11.9. The number of anilines is 3. The molecule has 13 heteroatoms. The lowest BCUT2D eigenvalue weighted by Crippen LogP contribution is -2.04. The van der Waals surface area contributed by atoms with Crippen LogP contribution in [-0.2, 0) is 18.9 Å². The number of esters is 4. The quantitative estimate of drug-likeness (QED) is 0.0323. The second-order valence-electron chi connectivity index (χ2n) is 19.8. The number of aldehydes is 1. The van der Waals surface area contributed by atoms with E-state index < -0.39 is 0 Å². The molecule has 13 nitrogen and oxygen atoms in total. The maximum absolute atomic E-state index is 11.9. The van der Waals surface area contributed by atoms with Crippen LogP contribution in [0.2, 0.25) is 0 Å². The molecule has 12 rings (SSSR count). The summed E-state index contributed by atoms with van der Waals surface area (Å²) in [5.74, 6) is -1.29. The number of Topliss-reactive ketones (excluding diaryl/α,β-unsaturated/α-hetero) is 1. The number of nitrogens with two attached hydrogens (primary N) is 3. The third-order valence-electron chi connectivity index (χ3n) is 14.2. The lowest BCUT2D eigenvalue weighted by atomic mass is 9.99. The number of rotatable bonds is 8. The Morgan fingerprint density at radius 1 is 0.349 bits per heavy atom. The number of methoxy groups -OCH3 is 2. The van der Waals surface area contributed by atoms with Crippen molar-refractivity contribution in [3.8, 4) is 0 Å². The number of aryl methyl sites for hydroxylation is 1. The minimum Gasteiger partial charge on any atom is -0.465 e. The molecular weight excluding hydrogens is 1040 g/mol. The van der Waals surface area contributed by atoms with Crippen molar-refractivity contribution < 1.29 is 47.7 Å². The van der Waals surface area contributed by atoms with Gasteiger partial charge in [0.25, 0.3) is 0 Å². The molecule has 0 aliphatic rings. The first-order valence-corrected chi connectivity index (χ1v) is 26.6. The van der Waals surface area contributed by atoms with Gasteiger partial charge in [0.05, 0.1) is 61.1 Å². The van der Waals surface area contributed by atoms with Gasteiger partial charge >= 0.3 is 23.9 Å². The Bertz CT molecular complexity index is 4310. The van der Waals surface area contributed by atoms with Gasteiger partial charge in [0, 0.05) is 16.8 Å². The lowest BCUT2D eigenvalue weighted by Gasteiger charge is -2.08. The molecule has 0 spiro atoms. The molecule has 0 atom stereocenters. The van der Waals surface area contributed by atoms with E-state index in [0.29, 0.717) is 52.4 Å². The van der Waals surface area contributed by atoms with E-state index in [1.807, 2.05) is 128 Å². The third-order valence-corrected chi connectivity index (χ3v) is 14.2. The molecule has 0 amide bonds. The minimum atomic E-state index is -0.358. The highest BCUT2D eigenvalue weighted by atomic mass is 16.5. The summed E-state index contributed by atoms with van der Waals surface area (Å²) in [4.78, 5) is 69.1. The van der Waals surface area contributed by atoms with Gasteiger partial charge in [-0.05, 0) is 253 Å². The largest absolute Gasteiger partial charge is 0.465 e. The fourth-order valence-corrected chi connectivity index (χ4v) is 9.74. The molecule has 0 aliphatic carbocycles. The molecule has 12 aromatic carbocycles. The molecule has 0 fully saturated rings. The first-order valence-electron chi connectivity index (χ1n) is 26.6. The Hall–Kier alpha value is -10.7. The Morgan fingerprint density at radius 2 is 0.627 bits per heavy atom.